The first-order valence-corrected chi connectivity index (χ1v) is 9.94. The monoisotopic (exact) mass is 416 g/mol. The van der Waals surface area contributed by atoms with Gasteiger partial charge in [0.15, 0.2) is 5.69 Å². The van der Waals surface area contributed by atoms with Crippen LogP contribution in [0.15, 0.2) is 47.3 Å². The lowest BCUT2D eigenvalue weighted by atomic mass is 10.0. The molecule has 7 nitrogen and oxygen atoms in total. The predicted molar refractivity (Wildman–Crippen MR) is 121 cm³/mol. The maximum absolute atomic E-state index is 13.4. The molecule has 158 valence electrons. The standard InChI is InChI=1S/C24H24N4O3/c1-13-10-14(2)21(15(3)11-13)26-24(30)22-20(17-6-8-18(31-5)9-7-17)23-25-19(29)12-16(4)28(23)27-22/h6-12H,1-5H3,(H,25,29)(H,26,30). The highest BCUT2D eigenvalue weighted by Gasteiger charge is 2.23. The van der Waals surface area contributed by atoms with Crippen LogP contribution < -0.4 is 15.6 Å². The molecular weight excluding hydrogens is 392 g/mol. The number of ether oxygens (including phenoxy) is 1. The van der Waals surface area contributed by atoms with E-state index in [1.165, 1.54) is 6.07 Å². The molecule has 0 spiro atoms. The first kappa shape index (κ1) is 20.4. The number of aromatic amines is 1. The zero-order valence-electron chi connectivity index (χ0n) is 18.2. The summed E-state index contributed by atoms with van der Waals surface area (Å²) in [5, 5.41) is 7.57. The van der Waals surface area contributed by atoms with E-state index in [0.29, 0.717) is 22.7 Å². The second-order valence-corrected chi connectivity index (χ2v) is 7.72. The summed E-state index contributed by atoms with van der Waals surface area (Å²) in [6.45, 7) is 7.73. The average Bonchev–Trinajstić information content (AvgIpc) is 3.10. The number of hydrogen-bond acceptors (Lipinski definition) is 4. The van der Waals surface area contributed by atoms with Crippen molar-refractivity contribution in [1.29, 1.82) is 0 Å². The van der Waals surface area contributed by atoms with Gasteiger partial charge in [0.25, 0.3) is 11.5 Å². The molecule has 0 radical (unpaired) electrons. The summed E-state index contributed by atoms with van der Waals surface area (Å²) < 4.78 is 6.84. The third kappa shape index (κ3) is 3.70. The summed E-state index contributed by atoms with van der Waals surface area (Å²) in [7, 11) is 1.59. The first-order valence-electron chi connectivity index (χ1n) is 9.94. The summed E-state index contributed by atoms with van der Waals surface area (Å²) in [5.74, 6) is 0.353. The molecule has 2 aromatic heterocycles. The number of amides is 1. The minimum absolute atomic E-state index is 0.231. The smallest absolute Gasteiger partial charge is 0.276 e. The quantitative estimate of drug-likeness (QED) is 0.522. The number of H-pyrrole nitrogens is 1. The number of fused-ring (bicyclic) bond motifs is 1. The molecule has 4 rings (SSSR count). The number of carbonyl (C=O) groups excluding carboxylic acids is 1. The van der Waals surface area contributed by atoms with E-state index in [2.05, 4.69) is 15.4 Å². The molecule has 0 fully saturated rings. The van der Waals surface area contributed by atoms with E-state index in [-0.39, 0.29) is 17.2 Å². The van der Waals surface area contributed by atoms with Gasteiger partial charge in [0.2, 0.25) is 0 Å². The third-order valence-electron chi connectivity index (χ3n) is 5.31. The van der Waals surface area contributed by atoms with Crippen LogP contribution in [0.25, 0.3) is 16.8 Å². The fourth-order valence-corrected chi connectivity index (χ4v) is 3.93. The molecule has 0 atom stereocenters. The average molecular weight is 416 g/mol. The van der Waals surface area contributed by atoms with Crippen molar-refractivity contribution < 1.29 is 9.53 Å². The molecule has 4 aromatic rings. The van der Waals surface area contributed by atoms with E-state index in [1.807, 2.05) is 57.2 Å². The minimum atomic E-state index is -0.343. The van der Waals surface area contributed by atoms with Crippen molar-refractivity contribution in [3.8, 4) is 16.9 Å². The maximum Gasteiger partial charge on any atom is 0.276 e. The van der Waals surface area contributed by atoms with Crippen molar-refractivity contribution in [2.24, 2.45) is 0 Å². The number of anilines is 1. The van der Waals surface area contributed by atoms with Gasteiger partial charge in [-0.2, -0.15) is 5.10 Å². The van der Waals surface area contributed by atoms with E-state index in [9.17, 15) is 9.59 Å². The van der Waals surface area contributed by atoms with Crippen molar-refractivity contribution in [2.75, 3.05) is 12.4 Å². The number of aromatic nitrogens is 3. The molecular formula is C24H24N4O3. The van der Waals surface area contributed by atoms with Crippen LogP contribution in [0.1, 0.15) is 32.9 Å². The number of carbonyl (C=O) groups is 1. The molecule has 0 saturated heterocycles. The van der Waals surface area contributed by atoms with Gasteiger partial charge >= 0.3 is 0 Å². The van der Waals surface area contributed by atoms with E-state index in [4.69, 9.17) is 4.74 Å². The van der Waals surface area contributed by atoms with Gasteiger partial charge in [-0.25, -0.2) is 4.52 Å². The Kier molecular flexibility index (Phi) is 5.10. The van der Waals surface area contributed by atoms with Gasteiger partial charge in [-0.3, -0.25) is 9.59 Å². The van der Waals surface area contributed by atoms with Crippen LogP contribution in [0, 0.1) is 27.7 Å². The molecule has 2 heterocycles. The molecule has 2 aromatic carbocycles. The maximum atomic E-state index is 13.4. The van der Waals surface area contributed by atoms with Crippen molar-refractivity contribution >= 4 is 17.2 Å². The van der Waals surface area contributed by atoms with E-state index >= 15 is 0 Å². The summed E-state index contributed by atoms with van der Waals surface area (Å²) in [6.07, 6.45) is 0. The van der Waals surface area contributed by atoms with Crippen molar-refractivity contribution in [3.05, 3.63) is 80.9 Å². The van der Waals surface area contributed by atoms with E-state index < -0.39 is 0 Å². The molecule has 0 aliphatic rings. The molecule has 0 saturated carbocycles. The molecule has 1 amide bonds. The van der Waals surface area contributed by atoms with Gasteiger partial charge in [0.05, 0.1) is 12.7 Å². The Morgan fingerprint density at radius 1 is 1.03 bits per heavy atom. The first-order chi connectivity index (χ1) is 14.8. The van der Waals surface area contributed by atoms with E-state index in [1.54, 1.807) is 18.5 Å². The highest BCUT2D eigenvalue weighted by Crippen LogP contribution is 2.30. The van der Waals surface area contributed by atoms with Gasteiger partial charge in [-0.1, -0.05) is 29.8 Å². The van der Waals surface area contributed by atoms with Gasteiger partial charge in [-0.15, -0.1) is 0 Å². The molecule has 0 unspecified atom stereocenters. The van der Waals surface area contributed by atoms with Crippen LogP contribution >= 0.6 is 0 Å². The number of hydrogen-bond donors (Lipinski definition) is 2. The number of methoxy groups -OCH3 is 1. The van der Waals surface area contributed by atoms with Crippen molar-refractivity contribution in [2.45, 2.75) is 27.7 Å². The second kappa shape index (κ2) is 7.75. The van der Waals surface area contributed by atoms with Crippen LogP contribution in [0.5, 0.6) is 5.75 Å². The topological polar surface area (TPSA) is 88.5 Å². The lowest BCUT2D eigenvalue weighted by Crippen LogP contribution is -2.15. The predicted octanol–water partition coefficient (Wildman–Crippen LogP) is 4.18. The Morgan fingerprint density at radius 3 is 2.29 bits per heavy atom. The highest BCUT2D eigenvalue weighted by atomic mass is 16.5. The Balaban J connectivity index is 1.90. The lowest BCUT2D eigenvalue weighted by Gasteiger charge is -2.12. The fourth-order valence-electron chi connectivity index (χ4n) is 3.93. The van der Waals surface area contributed by atoms with Crippen molar-refractivity contribution in [1.82, 2.24) is 14.6 Å². The fraction of sp³-hybridized carbons (Fsp3) is 0.208. The van der Waals surface area contributed by atoms with E-state index in [0.717, 1.165) is 27.9 Å². The molecule has 31 heavy (non-hydrogen) atoms. The minimum Gasteiger partial charge on any atom is -0.497 e. The highest BCUT2D eigenvalue weighted by molar-refractivity contribution is 6.10. The second-order valence-electron chi connectivity index (χ2n) is 7.72. The SMILES string of the molecule is COc1ccc(-c2c(C(=O)Nc3c(C)cc(C)cc3C)nn3c(C)cc(=O)[nH]c23)cc1. The zero-order chi connectivity index (χ0) is 22.3. The van der Waals surface area contributed by atoms with Crippen LogP contribution in [0.3, 0.4) is 0 Å². The zero-order valence-corrected chi connectivity index (χ0v) is 18.2. The van der Waals surface area contributed by atoms with Crippen LogP contribution in [-0.2, 0) is 0 Å². The normalized spacial score (nSPS) is 11.0. The van der Waals surface area contributed by atoms with Gasteiger partial charge in [0.1, 0.15) is 11.4 Å². The number of nitrogens with zero attached hydrogens (tertiary/aromatic N) is 2. The molecule has 2 N–H and O–H groups in total. The Bertz CT molecular complexity index is 1340. The summed E-state index contributed by atoms with van der Waals surface area (Å²) >= 11 is 0. The summed E-state index contributed by atoms with van der Waals surface area (Å²) in [6, 6.07) is 12.8. The summed E-state index contributed by atoms with van der Waals surface area (Å²) in [5.41, 5.74) is 6.24. The van der Waals surface area contributed by atoms with Crippen LogP contribution in [0.4, 0.5) is 5.69 Å². The van der Waals surface area contributed by atoms with Gasteiger partial charge in [-0.05, 0) is 56.5 Å². The summed E-state index contributed by atoms with van der Waals surface area (Å²) in [4.78, 5) is 28.4. The van der Waals surface area contributed by atoms with Crippen LogP contribution in [0.2, 0.25) is 0 Å². The third-order valence-corrected chi connectivity index (χ3v) is 5.31. The number of nitrogens with one attached hydrogen (secondary N) is 2. The van der Waals surface area contributed by atoms with Crippen LogP contribution in [-0.4, -0.2) is 27.6 Å². The number of benzene rings is 2. The lowest BCUT2D eigenvalue weighted by molar-refractivity contribution is 0.102. The molecule has 0 aliphatic carbocycles. The Morgan fingerprint density at radius 2 is 1.68 bits per heavy atom. The largest absolute Gasteiger partial charge is 0.497 e. The van der Waals surface area contributed by atoms with Crippen molar-refractivity contribution in [3.63, 3.8) is 0 Å². The Labute approximate surface area is 179 Å². The van der Waals surface area contributed by atoms with Gasteiger partial charge in [0, 0.05) is 17.4 Å². The number of aryl methyl sites for hydroxylation is 4. The number of rotatable bonds is 4. The molecule has 7 heteroatoms. The Hall–Kier alpha value is -3.87. The van der Waals surface area contributed by atoms with Gasteiger partial charge < -0.3 is 15.0 Å². The molecule has 0 bridgehead atoms. The molecule has 0 aliphatic heterocycles.